The normalized spacial score (nSPS) is 26.3. The highest BCUT2D eigenvalue weighted by atomic mass is 32.2. The van der Waals surface area contributed by atoms with E-state index in [0.29, 0.717) is 19.0 Å². The zero-order chi connectivity index (χ0) is 14.3. The number of hydrogen-bond acceptors (Lipinski definition) is 3. The first kappa shape index (κ1) is 16.9. The summed E-state index contributed by atoms with van der Waals surface area (Å²) in [6.45, 7) is 7.96. The molecule has 1 fully saturated rings. The third-order valence-corrected chi connectivity index (χ3v) is 5.94. The van der Waals surface area contributed by atoms with Gasteiger partial charge in [-0.2, -0.15) is 0 Å². The first-order valence-electron chi connectivity index (χ1n) is 7.65. The Morgan fingerprint density at radius 2 is 2.05 bits per heavy atom. The minimum atomic E-state index is -3.16. The molecule has 0 spiro atoms. The van der Waals surface area contributed by atoms with Crippen LogP contribution in [0.5, 0.6) is 0 Å². The lowest BCUT2D eigenvalue weighted by molar-refractivity contribution is 0.271. The quantitative estimate of drug-likeness (QED) is 0.720. The Bertz CT molecular complexity index is 343. The summed E-state index contributed by atoms with van der Waals surface area (Å²) in [4.78, 5) is 0. The summed E-state index contributed by atoms with van der Waals surface area (Å²) in [6, 6.07) is 0. The van der Waals surface area contributed by atoms with Crippen molar-refractivity contribution in [3.05, 3.63) is 0 Å². The Morgan fingerprint density at radius 3 is 2.68 bits per heavy atom. The molecule has 0 radical (unpaired) electrons. The lowest BCUT2D eigenvalue weighted by atomic mass is 9.81. The summed E-state index contributed by atoms with van der Waals surface area (Å²) in [6.07, 6.45) is 6.14. The molecule has 5 heteroatoms. The van der Waals surface area contributed by atoms with Crippen LogP contribution in [-0.4, -0.2) is 33.3 Å². The highest BCUT2D eigenvalue weighted by Crippen LogP contribution is 2.30. The van der Waals surface area contributed by atoms with Crippen LogP contribution in [0.25, 0.3) is 0 Å². The Morgan fingerprint density at radius 1 is 1.32 bits per heavy atom. The summed E-state index contributed by atoms with van der Waals surface area (Å²) >= 11 is 0. The van der Waals surface area contributed by atoms with Crippen molar-refractivity contribution in [3.63, 3.8) is 0 Å². The highest BCUT2D eigenvalue weighted by molar-refractivity contribution is 7.90. The smallest absolute Gasteiger partial charge is 0.215 e. The summed E-state index contributed by atoms with van der Waals surface area (Å²) in [5.41, 5.74) is 0. The maximum atomic E-state index is 12.0. The maximum Gasteiger partial charge on any atom is 0.215 e. The average molecular weight is 290 g/mol. The van der Waals surface area contributed by atoms with Gasteiger partial charge in [-0.05, 0) is 38.1 Å². The van der Waals surface area contributed by atoms with Crippen LogP contribution < -0.4 is 10.0 Å². The fourth-order valence-corrected chi connectivity index (χ4v) is 3.85. The molecular formula is C14H30N2O2S. The molecule has 1 aliphatic carbocycles. The van der Waals surface area contributed by atoms with Gasteiger partial charge >= 0.3 is 0 Å². The van der Waals surface area contributed by atoms with Gasteiger partial charge in [-0.1, -0.05) is 33.1 Å². The molecule has 1 aliphatic rings. The van der Waals surface area contributed by atoms with Gasteiger partial charge in [-0.3, -0.25) is 0 Å². The van der Waals surface area contributed by atoms with E-state index in [0.717, 1.165) is 18.9 Å². The standard InChI is InChI=1S/C14H30N2O2S/c1-4-15-11-13(3)19(17,18)16-9-8-14-7-5-6-12(2)10-14/h12-16H,4-11H2,1-3H3. The Kier molecular flexibility index (Phi) is 7.32. The average Bonchev–Trinajstić information content (AvgIpc) is 2.35. The zero-order valence-electron chi connectivity index (χ0n) is 12.6. The van der Waals surface area contributed by atoms with E-state index in [-0.39, 0.29) is 5.25 Å². The first-order chi connectivity index (χ1) is 8.95. The van der Waals surface area contributed by atoms with E-state index in [4.69, 9.17) is 0 Å². The van der Waals surface area contributed by atoms with Crippen LogP contribution in [0.1, 0.15) is 52.9 Å². The molecule has 0 aromatic carbocycles. The fraction of sp³-hybridized carbons (Fsp3) is 1.00. The molecule has 1 rings (SSSR count). The second-order valence-corrected chi connectivity index (χ2v) is 8.17. The molecule has 0 aliphatic heterocycles. The summed E-state index contributed by atoms with van der Waals surface area (Å²) in [5.74, 6) is 1.51. The summed E-state index contributed by atoms with van der Waals surface area (Å²) in [7, 11) is -3.16. The van der Waals surface area contributed by atoms with Crippen molar-refractivity contribution in [1.29, 1.82) is 0 Å². The van der Waals surface area contributed by atoms with Crippen LogP contribution in [0.4, 0.5) is 0 Å². The second kappa shape index (κ2) is 8.22. The molecule has 2 N–H and O–H groups in total. The van der Waals surface area contributed by atoms with E-state index in [1.807, 2.05) is 6.92 Å². The number of sulfonamides is 1. The molecule has 3 unspecified atom stereocenters. The van der Waals surface area contributed by atoms with Crippen molar-refractivity contribution in [3.8, 4) is 0 Å². The predicted octanol–water partition coefficient (Wildman–Crippen LogP) is 2.12. The second-order valence-electron chi connectivity index (χ2n) is 5.98. The van der Waals surface area contributed by atoms with Crippen LogP contribution >= 0.6 is 0 Å². The maximum absolute atomic E-state index is 12.0. The van der Waals surface area contributed by atoms with Crippen LogP contribution in [0.2, 0.25) is 0 Å². The van der Waals surface area contributed by atoms with E-state index in [2.05, 4.69) is 17.0 Å². The topological polar surface area (TPSA) is 58.2 Å². The Labute approximate surface area is 118 Å². The van der Waals surface area contributed by atoms with E-state index in [1.165, 1.54) is 25.7 Å². The lowest BCUT2D eigenvalue weighted by Crippen LogP contribution is -2.39. The minimum Gasteiger partial charge on any atom is -0.316 e. The third-order valence-electron chi connectivity index (χ3n) is 4.11. The molecule has 3 atom stereocenters. The van der Waals surface area contributed by atoms with Crippen molar-refractivity contribution < 1.29 is 8.42 Å². The van der Waals surface area contributed by atoms with Crippen molar-refractivity contribution >= 4 is 10.0 Å². The fourth-order valence-electron chi connectivity index (χ4n) is 2.83. The van der Waals surface area contributed by atoms with Crippen LogP contribution in [0, 0.1) is 11.8 Å². The molecular weight excluding hydrogens is 260 g/mol. The first-order valence-corrected chi connectivity index (χ1v) is 9.19. The zero-order valence-corrected chi connectivity index (χ0v) is 13.4. The van der Waals surface area contributed by atoms with Gasteiger partial charge in [0, 0.05) is 13.1 Å². The van der Waals surface area contributed by atoms with E-state index >= 15 is 0 Å². The molecule has 0 amide bonds. The molecule has 0 aromatic rings. The van der Waals surface area contributed by atoms with Gasteiger partial charge in [-0.25, -0.2) is 13.1 Å². The minimum absolute atomic E-state index is 0.363. The van der Waals surface area contributed by atoms with Crippen LogP contribution in [-0.2, 0) is 10.0 Å². The van der Waals surface area contributed by atoms with Crippen molar-refractivity contribution in [2.24, 2.45) is 11.8 Å². The number of rotatable bonds is 8. The van der Waals surface area contributed by atoms with Gasteiger partial charge in [-0.15, -0.1) is 0 Å². The van der Waals surface area contributed by atoms with Crippen LogP contribution in [0.3, 0.4) is 0 Å². The van der Waals surface area contributed by atoms with Crippen molar-refractivity contribution in [1.82, 2.24) is 10.0 Å². The number of hydrogen-bond donors (Lipinski definition) is 2. The van der Waals surface area contributed by atoms with Gasteiger partial charge in [0.2, 0.25) is 10.0 Å². The molecule has 0 heterocycles. The lowest BCUT2D eigenvalue weighted by Gasteiger charge is -2.26. The SMILES string of the molecule is CCNCC(C)S(=O)(=O)NCCC1CCCC(C)C1. The molecule has 114 valence electrons. The van der Waals surface area contributed by atoms with E-state index in [1.54, 1.807) is 6.92 Å². The molecule has 4 nitrogen and oxygen atoms in total. The Balaban J connectivity index is 2.27. The van der Waals surface area contributed by atoms with E-state index in [9.17, 15) is 8.42 Å². The summed E-state index contributed by atoms with van der Waals surface area (Å²) in [5, 5.41) is 2.72. The molecule has 0 bridgehead atoms. The van der Waals surface area contributed by atoms with Crippen molar-refractivity contribution in [2.45, 2.75) is 58.1 Å². The largest absolute Gasteiger partial charge is 0.316 e. The molecule has 0 saturated heterocycles. The van der Waals surface area contributed by atoms with E-state index < -0.39 is 10.0 Å². The highest BCUT2D eigenvalue weighted by Gasteiger charge is 2.22. The predicted molar refractivity (Wildman–Crippen MR) is 80.7 cm³/mol. The molecule has 1 saturated carbocycles. The van der Waals surface area contributed by atoms with Gasteiger partial charge in [0.25, 0.3) is 0 Å². The van der Waals surface area contributed by atoms with Crippen LogP contribution in [0.15, 0.2) is 0 Å². The van der Waals surface area contributed by atoms with Gasteiger partial charge in [0.1, 0.15) is 0 Å². The van der Waals surface area contributed by atoms with Crippen molar-refractivity contribution in [2.75, 3.05) is 19.6 Å². The summed E-state index contributed by atoms with van der Waals surface area (Å²) < 4.78 is 26.7. The van der Waals surface area contributed by atoms with Gasteiger partial charge in [0.05, 0.1) is 5.25 Å². The monoisotopic (exact) mass is 290 g/mol. The molecule has 19 heavy (non-hydrogen) atoms. The van der Waals surface area contributed by atoms with Gasteiger partial charge < -0.3 is 5.32 Å². The Hall–Kier alpha value is -0.130. The van der Waals surface area contributed by atoms with Gasteiger partial charge in [0.15, 0.2) is 0 Å². The third kappa shape index (κ3) is 6.23. The molecule has 0 aromatic heterocycles. The number of nitrogens with one attached hydrogen (secondary N) is 2.